The molecule has 2 N–H and O–H groups in total. The first-order chi connectivity index (χ1) is 14.8. The SMILES string of the molecule is COc1cccc(-c2nccc(Nc3ccc(OCCN4CCNCC4)cc3)n2)c1. The standard InChI is InChI=1S/C23H27N5O2/c1-29-21-4-2-3-18(17-21)23-25-10-9-22(27-23)26-19-5-7-20(8-6-19)30-16-15-28-13-11-24-12-14-28/h2-10,17,24H,11-16H2,1H3,(H,25,26,27). The van der Waals surface area contributed by atoms with Crippen LogP contribution in [0.5, 0.6) is 11.5 Å². The first-order valence-corrected chi connectivity index (χ1v) is 10.2. The average Bonchev–Trinajstić information content (AvgIpc) is 2.81. The van der Waals surface area contributed by atoms with Crippen LogP contribution >= 0.6 is 0 Å². The molecule has 1 aliphatic rings. The number of benzene rings is 2. The Balaban J connectivity index is 1.34. The Morgan fingerprint density at radius 1 is 1.03 bits per heavy atom. The largest absolute Gasteiger partial charge is 0.497 e. The number of rotatable bonds is 8. The van der Waals surface area contributed by atoms with E-state index >= 15 is 0 Å². The summed E-state index contributed by atoms with van der Waals surface area (Å²) in [6, 6.07) is 17.5. The third-order valence-electron chi connectivity index (χ3n) is 5.00. The van der Waals surface area contributed by atoms with E-state index in [1.165, 1.54) is 0 Å². The van der Waals surface area contributed by atoms with E-state index in [1.807, 2.05) is 54.6 Å². The fraction of sp³-hybridized carbons (Fsp3) is 0.304. The minimum Gasteiger partial charge on any atom is -0.497 e. The van der Waals surface area contributed by atoms with Crippen molar-refractivity contribution in [2.45, 2.75) is 0 Å². The minimum atomic E-state index is 0.645. The number of nitrogens with one attached hydrogen (secondary N) is 2. The van der Waals surface area contributed by atoms with Gasteiger partial charge in [0.1, 0.15) is 23.9 Å². The van der Waals surface area contributed by atoms with Crippen molar-refractivity contribution >= 4 is 11.5 Å². The summed E-state index contributed by atoms with van der Waals surface area (Å²) in [4.78, 5) is 11.4. The fourth-order valence-corrected chi connectivity index (χ4v) is 3.34. The molecule has 30 heavy (non-hydrogen) atoms. The highest BCUT2D eigenvalue weighted by Crippen LogP contribution is 2.23. The summed E-state index contributed by atoms with van der Waals surface area (Å²) in [6.07, 6.45) is 1.75. The number of hydrogen-bond acceptors (Lipinski definition) is 7. The summed E-state index contributed by atoms with van der Waals surface area (Å²) in [6.45, 7) is 5.94. The molecule has 0 atom stereocenters. The van der Waals surface area contributed by atoms with Gasteiger partial charge in [0.25, 0.3) is 0 Å². The zero-order chi connectivity index (χ0) is 20.6. The first kappa shape index (κ1) is 20.1. The van der Waals surface area contributed by atoms with Crippen molar-refractivity contribution in [3.8, 4) is 22.9 Å². The Kier molecular flexibility index (Phi) is 6.74. The van der Waals surface area contributed by atoms with E-state index in [0.29, 0.717) is 12.4 Å². The van der Waals surface area contributed by atoms with Crippen LogP contribution in [0.4, 0.5) is 11.5 Å². The van der Waals surface area contributed by atoms with Gasteiger partial charge in [0, 0.05) is 50.2 Å². The molecular weight excluding hydrogens is 378 g/mol. The van der Waals surface area contributed by atoms with E-state index in [2.05, 4.69) is 25.5 Å². The van der Waals surface area contributed by atoms with Crippen LogP contribution in [0, 0.1) is 0 Å². The van der Waals surface area contributed by atoms with Gasteiger partial charge in [-0.1, -0.05) is 12.1 Å². The molecule has 1 aromatic heterocycles. The van der Waals surface area contributed by atoms with Crippen LogP contribution in [0.2, 0.25) is 0 Å². The molecule has 1 fully saturated rings. The third-order valence-corrected chi connectivity index (χ3v) is 5.00. The van der Waals surface area contributed by atoms with Crippen molar-refractivity contribution in [1.29, 1.82) is 0 Å². The number of ether oxygens (including phenoxy) is 2. The lowest BCUT2D eigenvalue weighted by Gasteiger charge is -2.26. The molecule has 156 valence electrons. The van der Waals surface area contributed by atoms with Crippen molar-refractivity contribution in [1.82, 2.24) is 20.2 Å². The highest BCUT2D eigenvalue weighted by atomic mass is 16.5. The molecule has 1 saturated heterocycles. The Morgan fingerprint density at radius 3 is 2.67 bits per heavy atom. The summed E-state index contributed by atoms with van der Waals surface area (Å²) in [5.41, 5.74) is 1.85. The van der Waals surface area contributed by atoms with Crippen molar-refractivity contribution in [2.75, 3.05) is 51.8 Å². The monoisotopic (exact) mass is 405 g/mol. The fourth-order valence-electron chi connectivity index (χ4n) is 3.34. The Labute approximate surface area is 177 Å². The van der Waals surface area contributed by atoms with Crippen molar-refractivity contribution in [3.63, 3.8) is 0 Å². The van der Waals surface area contributed by atoms with E-state index in [4.69, 9.17) is 9.47 Å². The summed E-state index contributed by atoms with van der Waals surface area (Å²) in [5.74, 6) is 3.03. The van der Waals surface area contributed by atoms with E-state index in [1.54, 1.807) is 13.3 Å². The van der Waals surface area contributed by atoms with Gasteiger partial charge < -0.3 is 20.1 Å². The zero-order valence-electron chi connectivity index (χ0n) is 17.2. The molecule has 0 spiro atoms. The van der Waals surface area contributed by atoms with E-state index in [-0.39, 0.29) is 0 Å². The third kappa shape index (κ3) is 5.46. The van der Waals surface area contributed by atoms with E-state index in [9.17, 15) is 0 Å². The highest BCUT2D eigenvalue weighted by molar-refractivity contribution is 5.62. The van der Waals surface area contributed by atoms with Crippen LogP contribution < -0.4 is 20.1 Å². The maximum Gasteiger partial charge on any atom is 0.161 e. The lowest BCUT2D eigenvalue weighted by Crippen LogP contribution is -2.44. The van der Waals surface area contributed by atoms with Gasteiger partial charge in [0.05, 0.1) is 7.11 Å². The lowest BCUT2D eigenvalue weighted by atomic mass is 10.2. The quantitative estimate of drug-likeness (QED) is 0.596. The molecule has 1 aliphatic heterocycles. The summed E-state index contributed by atoms with van der Waals surface area (Å²) < 4.78 is 11.2. The van der Waals surface area contributed by atoms with Crippen LogP contribution in [-0.4, -0.2) is 61.3 Å². The molecule has 0 bridgehead atoms. The summed E-state index contributed by atoms with van der Waals surface area (Å²) >= 11 is 0. The first-order valence-electron chi connectivity index (χ1n) is 10.2. The number of piperazine rings is 1. The Bertz CT molecular complexity index is 942. The number of aromatic nitrogens is 2. The second-order valence-corrected chi connectivity index (χ2v) is 7.09. The summed E-state index contributed by atoms with van der Waals surface area (Å²) in [7, 11) is 1.65. The zero-order valence-corrected chi connectivity index (χ0v) is 17.2. The van der Waals surface area contributed by atoms with Gasteiger partial charge in [-0.25, -0.2) is 9.97 Å². The smallest absolute Gasteiger partial charge is 0.161 e. The van der Waals surface area contributed by atoms with Gasteiger partial charge in [0.15, 0.2) is 5.82 Å². The van der Waals surface area contributed by atoms with Crippen LogP contribution in [-0.2, 0) is 0 Å². The maximum absolute atomic E-state index is 5.89. The molecule has 3 aromatic rings. The Hall–Kier alpha value is -3.16. The van der Waals surface area contributed by atoms with Gasteiger partial charge in [-0.05, 0) is 42.5 Å². The molecule has 0 aliphatic carbocycles. The molecule has 0 radical (unpaired) electrons. The predicted octanol–water partition coefficient (Wildman–Crippen LogP) is 3.18. The van der Waals surface area contributed by atoms with Gasteiger partial charge in [-0.15, -0.1) is 0 Å². The molecule has 2 aromatic carbocycles. The normalized spacial score (nSPS) is 14.3. The molecule has 7 heteroatoms. The number of methoxy groups -OCH3 is 1. The molecule has 7 nitrogen and oxygen atoms in total. The minimum absolute atomic E-state index is 0.645. The topological polar surface area (TPSA) is 71.5 Å². The van der Waals surface area contributed by atoms with Gasteiger partial charge in [0.2, 0.25) is 0 Å². The molecule has 4 rings (SSSR count). The maximum atomic E-state index is 5.89. The molecule has 2 heterocycles. The number of anilines is 2. The molecular formula is C23H27N5O2. The molecule has 0 saturated carbocycles. The average molecular weight is 406 g/mol. The van der Waals surface area contributed by atoms with Crippen molar-refractivity contribution in [2.24, 2.45) is 0 Å². The van der Waals surface area contributed by atoms with E-state index in [0.717, 1.165) is 61.3 Å². The second-order valence-electron chi connectivity index (χ2n) is 7.09. The summed E-state index contributed by atoms with van der Waals surface area (Å²) in [5, 5.41) is 6.69. The second kappa shape index (κ2) is 10.0. The van der Waals surface area contributed by atoms with Gasteiger partial charge >= 0.3 is 0 Å². The molecule has 0 unspecified atom stereocenters. The van der Waals surface area contributed by atoms with Crippen LogP contribution in [0.3, 0.4) is 0 Å². The van der Waals surface area contributed by atoms with Crippen LogP contribution in [0.1, 0.15) is 0 Å². The van der Waals surface area contributed by atoms with Gasteiger partial charge in [-0.2, -0.15) is 0 Å². The lowest BCUT2D eigenvalue weighted by molar-refractivity contribution is 0.191. The van der Waals surface area contributed by atoms with E-state index < -0.39 is 0 Å². The highest BCUT2D eigenvalue weighted by Gasteiger charge is 2.09. The van der Waals surface area contributed by atoms with Crippen molar-refractivity contribution < 1.29 is 9.47 Å². The van der Waals surface area contributed by atoms with Crippen LogP contribution in [0.15, 0.2) is 60.8 Å². The number of nitrogens with zero attached hydrogens (tertiary/aromatic N) is 3. The number of hydrogen-bond donors (Lipinski definition) is 2. The Morgan fingerprint density at radius 2 is 1.87 bits per heavy atom. The van der Waals surface area contributed by atoms with Gasteiger partial charge in [-0.3, -0.25) is 4.90 Å². The van der Waals surface area contributed by atoms with Crippen LogP contribution in [0.25, 0.3) is 11.4 Å². The molecule has 0 amide bonds. The predicted molar refractivity (Wildman–Crippen MR) is 119 cm³/mol. The van der Waals surface area contributed by atoms with Crippen molar-refractivity contribution in [3.05, 3.63) is 60.8 Å².